The van der Waals surface area contributed by atoms with E-state index < -0.39 is 0 Å². The molecule has 1 fully saturated rings. The van der Waals surface area contributed by atoms with Gasteiger partial charge < -0.3 is 10.6 Å². The van der Waals surface area contributed by atoms with Crippen LogP contribution in [0.5, 0.6) is 0 Å². The summed E-state index contributed by atoms with van der Waals surface area (Å²) in [4.78, 5) is 11.0. The number of rotatable bonds is 2. The van der Waals surface area contributed by atoms with Crippen LogP contribution in [0, 0.1) is 5.92 Å². The van der Waals surface area contributed by atoms with Crippen molar-refractivity contribution in [3.63, 3.8) is 0 Å². The van der Waals surface area contributed by atoms with Crippen LogP contribution in [-0.4, -0.2) is 26.0 Å². The standard InChI is InChI=1S/C8H16N2O/c1-9-8(11)5-7-3-2-4-10-6-7/h7,10H,2-6H2,1H3,(H,9,11)/p+1. The molecule has 1 saturated heterocycles. The molecular weight excluding hydrogens is 140 g/mol. The number of carbonyl (C=O) groups excluding carboxylic acids is 1. The Bertz CT molecular complexity index is 130. The highest BCUT2D eigenvalue weighted by Gasteiger charge is 2.17. The minimum Gasteiger partial charge on any atom is -0.359 e. The molecule has 11 heavy (non-hydrogen) atoms. The molecule has 1 rings (SSSR count). The van der Waals surface area contributed by atoms with E-state index in [1.807, 2.05) is 0 Å². The molecule has 1 heterocycles. The largest absolute Gasteiger partial charge is 0.359 e. The van der Waals surface area contributed by atoms with Crippen molar-refractivity contribution >= 4 is 5.91 Å². The van der Waals surface area contributed by atoms with Gasteiger partial charge in [-0.05, 0) is 12.8 Å². The quantitative estimate of drug-likeness (QED) is 0.536. The monoisotopic (exact) mass is 157 g/mol. The number of nitrogens with one attached hydrogen (secondary N) is 1. The van der Waals surface area contributed by atoms with E-state index in [2.05, 4.69) is 10.6 Å². The van der Waals surface area contributed by atoms with Crippen LogP contribution >= 0.6 is 0 Å². The summed E-state index contributed by atoms with van der Waals surface area (Å²) in [6, 6.07) is 0. The zero-order chi connectivity index (χ0) is 8.10. The fourth-order valence-corrected chi connectivity index (χ4v) is 1.57. The van der Waals surface area contributed by atoms with E-state index in [0.717, 1.165) is 6.54 Å². The second-order valence-electron chi connectivity index (χ2n) is 3.20. The Balaban J connectivity index is 2.19. The van der Waals surface area contributed by atoms with Crippen molar-refractivity contribution in [1.29, 1.82) is 0 Å². The average Bonchev–Trinajstić information content (AvgIpc) is 2.06. The smallest absolute Gasteiger partial charge is 0.220 e. The Hall–Kier alpha value is -0.570. The third-order valence-corrected chi connectivity index (χ3v) is 2.27. The first-order valence-corrected chi connectivity index (χ1v) is 4.35. The first-order valence-electron chi connectivity index (χ1n) is 4.35. The molecule has 0 aromatic heterocycles. The first kappa shape index (κ1) is 8.53. The van der Waals surface area contributed by atoms with Crippen LogP contribution in [0.25, 0.3) is 0 Å². The molecule has 1 amide bonds. The number of quaternary nitrogens is 1. The van der Waals surface area contributed by atoms with Crippen molar-refractivity contribution in [2.75, 3.05) is 20.1 Å². The molecule has 0 aliphatic carbocycles. The zero-order valence-electron chi connectivity index (χ0n) is 7.10. The minimum atomic E-state index is 0.185. The lowest BCUT2D eigenvalue weighted by Gasteiger charge is -2.18. The van der Waals surface area contributed by atoms with Crippen molar-refractivity contribution in [2.45, 2.75) is 19.3 Å². The second-order valence-corrected chi connectivity index (χ2v) is 3.20. The normalized spacial score (nSPS) is 24.6. The van der Waals surface area contributed by atoms with Crippen LogP contribution in [-0.2, 0) is 4.79 Å². The van der Waals surface area contributed by atoms with E-state index in [0.29, 0.717) is 12.3 Å². The van der Waals surface area contributed by atoms with Crippen molar-refractivity contribution in [2.24, 2.45) is 5.92 Å². The minimum absolute atomic E-state index is 0.185. The van der Waals surface area contributed by atoms with Gasteiger partial charge in [-0.3, -0.25) is 4.79 Å². The van der Waals surface area contributed by atoms with Gasteiger partial charge in [0.05, 0.1) is 13.1 Å². The second kappa shape index (κ2) is 4.34. The third kappa shape index (κ3) is 2.89. The summed E-state index contributed by atoms with van der Waals surface area (Å²) in [5, 5.41) is 4.96. The molecule has 3 nitrogen and oxygen atoms in total. The number of hydrogen-bond acceptors (Lipinski definition) is 1. The zero-order valence-corrected chi connectivity index (χ0v) is 7.10. The predicted molar refractivity (Wildman–Crippen MR) is 43.1 cm³/mol. The maximum Gasteiger partial charge on any atom is 0.220 e. The SMILES string of the molecule is CNC(=O)CC1CCC[NH2+]C1. The van der Waals surface area contributed by atoms with Crippen molar-refractivity contribution < 1.29 is 10.1 Å². The van der Waals surface area contributed by atoms with Gasteiger partial charge in [-0.25, -0.2) is 0 Å². The summed E-state index contributed by atoms with van der Waals surface area (Å²) in [6.45, 7) is 2.37. The Kier molecular flexibility index (Phi) is 3.36. The lowest BCUT2D eigenvalue weighted by molar-refractivity contribution is -0.668. The molecule has 3 heteroatoms. The summed E-state index contributed by atoms with van der Waals surface area (Å²) in [5.74, 6) is 0.800. The molecule has 0 aromatic rings. The fourth-order valence-electron chi connectivity index (χ4n) is 1.57. The van der Waals surface area contributed by atoms with E-state index in [4.69, 9.17) is 0 Å². The molecule has 0 radical (unpaired) electrons. The summed E-state index contributed by atoms with van der Waals surface area (Å²) in [7, 11) is 1.70. The van der Waals surface area contributed by atoms with Gasteiger partial charge in [0.2, 0.25) is 5.91 Å². The highest BCUT2D eigenvalue weighted by atomic mass is 16.1. The van der Waals surface area contributed by atoms with E-state index in [9.17, 15) is 4.79 Å². The van der Waals surface area contributed by atoms with Gasteiger partial charge in [-0.15, -0.1) is 0 Å². The van der Waals surface area contributed by atoms with Gasteiger partial charge in [0, 0.05) is 19.4 Å². The van der Waals surface area contributed by atoms with Crippen molar-refractivity contribution in [1.82, 2.24) is 5.32 Å². The van der Waals surface area contributed by atoms with Gasteiger partial charge in [0.25, 0.3) is 0 Å². The van der Waals surface area contributed by atoms with E-state index in [1.165, 1.54) is 19.4 Å². The number of piperidine rings is 1. The van der Waals surface area contributed by atoms with Gasteiger partial charge >= 0.3 is 0 Å². The van der Waals surface area contributed by atoms with Crippen LogP contribution in [0.15, 0.2) is 0 Å². The molecule has 0 spiro atoms. The lowest BCUT2D eigenvalue weighted by Crippen LogP contribution is -2.87. The summed E-state index contributed by atoms with van der Waals surface area (Å²) >= 11 is 0. The van der Waals surface area contributed by atoms with E-state index >= 15 is 0 Å². The molecule has 0 aromatic carbocycles. The Morgan fingerprint density at radius 1 is 1.73 bits per heavy atom. The van der Waals surface area contributed by atoms with Gasteiger partial charge in [0.15, 0.2) is 0 Å². The Labute approximate surface area is 67.5 Å². The molecule has 1 aliphatic heterocycles. The highest BCUT2D eigenvalue weighted by molar-refractivity contribution is 5.75. The van der Waals surface area contributed by atoms with Gasteiger partial charge in [-0.2, -0.15) is 0 Å². The van der Waals surface area contributed by atoms with E-state index in [-0.39, 0.29) is 5.91 Å². The van der Waals surface area contributed by atoms with Crippen molar-refractivity contribution in [3.8, 4) is 0 Å². The van der Waals surface area contributed by atoms with Gasteiger partial charge in [0.1, 0.15) is 0 Å². The molecule has 0 bridgehead atoms. The van der Waals surface area contributed by atoms with Crippen LogP contribution in [0.4, 0.5) is 0 Å². The third-order valence-electron chi connectivity index (χ3n) is 2.27. The molecule has 0 saturated carbocycles. The number of carbonyl (C=O) groups is 1. The maximum atomic E-state index is 11.0. The maximum absolute atomic E-state index is 11.0. The number of amides is 1. The van der Waals surface area contributed by atoms with Crippen LogP contribution in [0.2, 0.25) is 0 Å². The molecule has 3 N–H and O–H groups in total. The molecular formula is C8H17N2O+. The van der Waals surface area contributed by atoms with Crippen LogP contribution < -0.4 is 10.6 Å². The predicted octanol–water partition coefficient (Wildman–Crippen LogP) is -0.904. The Morgan fingerprint density at radius 3 is 3.09 bits per heavy atom. The van der Waals surface area contributed by atoms with Crippen molar-refractivity contribution in [3.05, 3.63) is 0 Å². The number of hydrogen-bond donors (Lipinski definition) is 2. The summed E-state index contributed by atoms with van der Waals surface area (Å²) in [6.07, 6.45) is 3.21. The topological polar surface area (TPSA) is 45.7 Å². The fraction of sp³-hybridized carbons (Fsp3) is 0.875. The molecule has 1 atom stereocenters. The Morgan fingerprint density at radius 2 is 2.55 bits per heavy atom. The van der Waals surface area contributed by atoms with Gasteiger partial charge in [-0.1, -0.05) is 0 Å². The molecule has 1 unspecified atom stereocenters. The summed E-state index contributed by atoms with van der Waals surface area (Å²) in [5.41, 5.74) is 0. The summed E-state index contributed by atoms with van der Waals surface area (Å²) < 4.78 is 0. The molecule has 1 aliphatic rings. The van der Waals surface area contributed by atoms with Crippen LogP contribution in [0.1, 0.15) is 19.3 Å². The average molecular weight is 157 g/mol. The molecule has 64 valence electrons. The van der Waals surface area contributed by atoms with Crippen LogP contribution in [0.3, 0.4) is 0 Å². The highest BCUT2D eigenvalue weighted by Crippen LogP contribution is 2.10. The lowest BCUT2D eigenvalue weighted by atomic mass is 9.96. The number of nitrogens with two attached hydrogens (primary N) is 1. The first-order chi connectivity index (χ1) is 5.33. The van der Waals surface area contributed by atoms with E-state index in [1.54, 1.807) is 7.05 Å².